The van der Waals surface area contributed by atoms with E-state index in [-0.39, 0.29) is 29.4 Å². The number of aromatic nitrogens is 2. The first-order valence-electron chi connectivity index (χ1n) is 13.0. The van der Waals surface area contributed by atoms with E-state index < -0.39 is 0 Å². The summed E-state index contributed by atoms with van der Waals surface area (Å²) in [6.45, 7) is 12.3. The summed E-state index contributed by atoms with van der Waals surface area (Å²) in [6, 6.07) is 9.06. The molecule has 1 aliphatic heterocycles. The number of likely N-dealkylation sites (tertiary alicyclic amines) is 1. The average molecular weight is 493 g/mol. The van der Waals surface area contributed by atoms with Crippen LogP contribution in [0.15, 0.2) is 41.5 Å². The third kappa shape index (κ3) is 5.56. The van der Waals surface area contributed by atoms with Crippen LogP contribution in [0.4, 0.5) is 0 Å². The molecule has 7 heteroatoms. The molecule has 1 N–H and O–H groups in total. The fraction of sp³-hybridized carbons (Fsp3) is 0.552. The number of methoxy groups -OCH3 is 1. The first kappa shape index (κ1) is 26.1. The third-order valence-corrected chi connectivity index (χ3v) is 7.91. The number of carbonyl (C=O) groups excluding carboxylic acids is 2. The molecule has 2 aromatic rings. The van der Waals surface area contributed by atoms with Gasteiger partial charge in [0.25, 0.3) is 5.91 Å². The molecule has 0 bridgehead atoms. The second-order valence-electron chi connectivity index (χ2n) is 11.1. The molecule has 0 spiro atoms. The summed E-state index contributed by atoms with van der Waals surface area (Å²) in [5.74, 6) is -0.368. The fourth-order valence-corrected chi connectivity index (χ4v) is 6.06. The van der Waals surface area contributed by atoms with Crippen LogP contribution in [0.5, 0.6) is 0 Å². The summed E-state index contributed by atoms with van der Waals surface area (Å²) < 4.78 is 6.97. The van der Waals surface area contributed by atoms with Gasteiger partial charge in [0.15, 0.2) is 0 Å². The molecule has 1 aromatic heterocycles. The SMILES string of the molecule is COC(=O)[C@@H]1C[C@@H](NC(=O)c2cccc(-n3nc(C)cc3C)c2)CN1CCC1=C(C)CCCC1(C)C. The van der Waals surface area contributed by atoms with Crippen LogP contribution in [0.1, 0.15) is 74.6 Å². The Bertz CT molecular complexity index is 1160. The van der Waals surface area contributed by atoms with Crippen LogP contribution in [0.3, 0.4) is 0 Å². The van der Waals surface area contributed by atoms with E-state index in [1.54, 1.807) is 0 Å². The molecule has 7 nitrogen and oxygen atoms in total. The average Bonchev–Trinajstić information content (AvgIpc) is 3.39. The minimum Gasteiger partial charge on any atom is -0.468 e. The van der Waals surface area contributed by atoms with Gasteiger partial charge in [0.2, 0.25) is 0 Å². The predicted molar refractivity (Wildman–Crippen MR) is 141 cm³/mol. The lowest BCUT2D eigenvalue weighted by atomic mass is 9.71. The summed E-state index contributed by atoms with van der Waals surface area (Å²) >= 11 is 0. The number of esters is 1. The van der Waals surface area contributed by atoms with Crippen LogP contribution in [0, 0.1) is 19.3 Å². The predicted octanol–water partition coefficient (Wildman–Crippen LogP) is 4.75. The van der Waals surface area contributed by atoms with Crippen molar-refractivity contribution in [3.8, 4) is 5.69 Å². The highest BCUT2D eigenvalue weighted by molar-refractivity contribution is 5.95. The number of hydrogen-bond donors (Lipinski definition) is 1. The van der Waals surface area contributed by atoms with Gasteiger partial charge in [-0.15, -0.1) is 0 Å². The number of hydrogen-bond acceptors (Lipinski definition) is 5. The maximum absolute atomic E-state index is 13.2. The Morgan fingerprint density at radius 2 is 1.97 bits per heavy atom. The van der Waals surface area contributed by atoms with Gasteiger partial charge in [-0.2, -0.15) is 5.10 Å². The number of rotatable bonds is 7. The monoisotopic (exact) mass is 492 g/mol. The van der Waals surface area contributed by atoms with E-state index in [0.717, 1.165) is 36.5 Å². The Balaban J connectivity index is 1.45. The van der Waals surface area contributed by atoms with E-state index in [2.05, 4.69) is 36.1 Å². The Morgan fingerprint density at radius 3 is 2.64 bits per heavy atom. The maximum Gasteiger partial charge on any atom is 0.323 e. The van der Waals surface area contributed by atoms with Crippen molar-refractivity contribution in [3.63, 3.8) is 0 Å². The summed E-state index contributed by atoms with van der Waals surface area (Å²) in [4.78, 5) is 28.0. The smallest absolute Gasteiger partial charge is 0.323 e. The molecule has 2 aliphatic rings. The number of nitrogens with zero attached hydrogens (tertiary/aromatic N) is 3. The van der Waals surface area contributed by atoms with Crippen LogP contribution in [-0.2, 0) is 9.53 Å². The van der Waals surface area contributed by atoms with E-state index in [1.807, 2.05) is 48.9 Å². The molecule has 0 saturated carbocycles. The molecule has 0 radical (unpaired) electrons. The van der Waals surface area contributed by atoms with E-state index in [9.17, 15) is 9.59 Å². The van der Waals surface area contributed by atoms with Crippen LogP contribution in [0.25, 0.3) is 5.69 Å². The third-order valence-electron chi connectivity index (χ3n) is 7.91. The molecular weight excluding hydrogens is 452 g/mol. The molecule has 1 aromatic carbocycles. The van der Waals surface area contributed by atoms with E-state index in [4.69, 9.17) is 4.74 Å². The molecule has 2 atom stereocenters. The normalized spacial score (nSPS) is 22.1. The van der Waals surface area contributed by atoms with Crippen LogP contribution < -0.4 is 5.32 Å². The van der Waals surface area contributed by atoms with E-state index in [0.29, 0.717) is 18.5 Å². The number of benzene rings is 1. The standard InChI is InChI=1S/C29H40N4O3/c1-19-9-8-13-29(4,5)25(19)12-14-32-18-23(17-26(32)28(35)36-6)30-27(34)22-10-7-11-24(16-22)33-21(3)15-20(2)31-33/h7,10-11,15-16,23,26H,8-9,12-14,17-18H2,1-6H3,(H,30,34)/t23-,26+/m1/s1. The van der Waals surface area contributed by atoms with Crippen molar-refractivity contribution in [2.75, 3.05) is 20.2 Å². The largest absolute Gasteiger partial charge is 0.468 e. The highest BCUT2D eigenvalue weighted by atomic mass is 16.5. The minimum absolute atomic E-state index is 0.117. The zero-order valence-corrected chi connectivity index (χ0v) is 22.6. The Morgan fingerprint density at radius 1 is 1.19 bits per heavy atom. The molecule has 36 heavy (non-hydrogen) atoms. The molecule has 194 valence electrons. The highest BCUT2D eigenvalue weighted by Crippen LogP contribution is 2.42. The van der Waals surface area contributed by atoms with Crippen molar-refractivity contribution in [2.45, 2.75) is 78.8 Å². The van der Waals surface area contributed by atoms with E-state index >= 15 is 0 Å². The van der Waals surface area contributed by atoms with Gasteiger partial charge in [-0.1, -0.05) is 31.1 Å². The molecule has 1 amide bonds. The van der Waals surface area contributed by atoms with Crippen molar-refractivity contribution < 1.29 is 14.3 Å². The fourth-order valence-electron chi connectivity index (χ4n) is 6.06. The zero-order chi connectivity index (χ0) is 26.0. The van der Waals surface area contributed by atoms with Gasteiger partial charge < -0.3 is 10.1 Å². The van der Waals surface area contributed by atoms with Gasteiger partial charge in [0, 0.05) is 30.4 Å². The van der Waals surface area contributed by atoms with Crippen molar-refractivity contribution in [1.29, 1.82) is 0 Å². The summed E-state index contributed by atoms with van der Waals surface area (Å²) in [5, 5.41) is 7.70. The number of carbonyl (C=O) groups is 2. The molecule has 4 rings (SSSR count). The lowest BCUT2D eigenvalue weighted by molar-refractivity contribution is -0.145. The van der Waals surface area contributed by atoms with Crippen LogP contribution in [0.2, 0.25) is 0 Å². The van der Waals surface area contributed by atoms with Gasteiger partial charge in [-0.25, -0.2) is 4.68 Å². The van der Waals surface area contributed by atoms with Gasteiger partial charge in [0.1, 0.15) is 6.04 Å². The molecular formula is C29H40N4O3. The number of allylic oxidation sites excluding steroid dienone is 1. The number of ether oxygens (including phenoxy) is 1. The second kappa shape index (κ2) is 10.6. The summed E-state index contributed by atoms with van der Waals surface area (Å²) in [5.41, 5.74) is 6.60. The highest BCUT2D eigenvalue weighted by Gasteiger charge is 2.39. The first-order valence-corrected chi connectivity index (χ1v) is 13.0. The first-order chi connectivity index (χ1) is 17.1. The maximum atomic E-state index is 13.2. The van der Waals surface area contributed by atoms with Crippen molar-refractivity contribution in [3.05, 3.63) is 58.4 Å². The van der Waals surface area contributed by atoms with Crippen molar-refractivity contribution in [2.24, 2.45) is 5.41 Å². The van der Waals surface area contributed by atoms with Crippen molar-refractivity contribution >= 4 is 11.9 Å². The Labute approximate surface area is 214 Å². The van der Waals surface area contributed by atoms with Crippen LogP contribution in [-0.4, -0.2) is 58.8 Å². The Hall–Kier alpha value is -2.93. The zero-order valence-electron chi connectivity index (χ0n) is 22.6. The van der Waals surface area contributed by atoms with Gasteiger partial charge in [0.05, 0.1) is 18.5 Å². The lowest BCUT2D eigenvalue weighted by Crippen LogP contribution is -2.39. The minimum atomic E-state index is -0.339. The van der Waals surface area contributed by atoms with Gasteiger partial charge in [-0.3, -0.25) is 14.5 Å². The topological polar surface area (TPSA) is 76.5 Å². The Kier molecular flexibility index (Phi) is 7.69. The number of nitrogens with one attached hydrogen (secondary N) is 1. The van der Waals surface area contributed by atoms with Gasteiger partial charge in [-0.05, 0) is 82.6 Å². The number of aryl methyl sites for hydroxylation is 2. The number of amides is 1. The van der Waals surface area contributed by atoms with E-state index in [1.165, 1.54) is 31.1 Å². The molecule has 1 aliphatic carbocycles. The summed E-state index contributed by atoms with van der Waals surface area (Å²) in [7, 11) is 1.44. The quantitative estimate of drug-likeness (QED) is 0.446. The molecule has 1 fully saturated rings. The van der Waals surface area contributed by atoms with Gasteiger partial charge >= 0.3 is 5.97 Å². The lowest BCUT2D eigenvalue weighted by Gasteiger charge is -2.36. The molecule has 1 saturated heterocycles. The molecule has 2 heterocycles. The second-order valence-corrected chi connectivity index (χ2v) is 11.1. The van der Waals surface area contributed by atoms with Crippen LogP contribution >= 0.6 is 0 Å². The molecule has 0 unspecified atom stereocenters. The summed E-state index contributed by atoms with van der Waals surface area (Å²) in [6.07, 6.45) is 5.10. The van der Waals surface area contributed by atoms with Crippen molar-refractivity contribution in [1.82, 2.24) is 20.0 Å².